The lowest BCUT2D eigenvalue weighted by Gasteiger charge is -2.06. The Morgan fingerprint density at radius 3 is 1.76 bits per heavy atom. The molecule has 1 rings (SSSR count). The van der Waals surface area contributed by atoms with Crippen LogP contribution in [0.3, 0.4) is 0 Å². The summed E-state index contributed by atoms with van der Waals surface area (Å²) in [5.74, 6) is -7.17. The highest BCUT2D eigenvalue weighted by Crippen LogP contribution is 2.26. The van der Waals surface area contributed by atoms with Crippen molar-refractivity contribution in [1.29, 1.82) is 10.5 Å². The number of hydrogen-bond acceptors (Lipinski definition) is 3. The molecule has 0 radical (unpaired) electrons. The van der Waals surface area contributed by atoms with Crippen LogP contribution in [-0.2, 0) is 0 Å². The van der Waals surface area contributed by atoms with E-state index in [2.05, 4.69) is 4.98 Å². The first-order valence-electron chi connectivity index (χ1n) is 4.15. The summed E-state index contributed by atoms with van der Waals surface area (Å²) in [5.41, 5.74) is -2.24. The molecule has 1 aromatic heterocycles. The lowest BCUT2D eigenvalue weighted by Crippen LogP contribution is -2.05. The molecule has 0 unspecified atom stereocenters. The van der Waals surface area contributed by atoms with Gasteiger partial charge in [-0.25, -0.2) is 8.78 Å². The van der Waals surface area contributed by atoms with Crippen LogP contribution in [0.25, 0.3) is 5.57 Å². The zero-order valence-electron chi connectivity index (χ0n) is 8.35. The van der Waals surface area contributed by atoms with Crippen molar-refractivity contribution in [2.24, 2.45) is 0 Å². The maximum absolute atomic E-state index is 13.2. The molecule has 0 amide bonds. The molecule has 0 saturated heterocycles. The van der Waals surface area contributed by atoms with Crippen molar-refractivity contribution >= 4 is 5.57 Å². The average molecular weight is 241 g/mol. The minimum absolute atomic E-state index is 0.495. The molecule has 0 aliphatic heterocycles. The summed E-state index contributed by atoms with van der Waals surface area (Å²) in [6.07, 6.45) is 0. The summed E-state index contributed by atoms with van der Waals surface area (Å²) in [6, 6.07) is 2.73. The molecule has 0 aromatic carbocycles. The predicted octanol–water partition coefficient (Wildman–Crippen LogP) is 2.46. The molecule has 0 fully saturated rings. The molecule has 0 aliphatic rings. The third kappa shape index (κ3) is 2.08. The molecule has 0 spiro atoms. The Morgan fingerprint density at radius 1 is 1.00 bits per heavy atom. The average Bonchev–Trinajstić information content (AvgIpc) is 2.28. The van der Waals surface area contributed by atoms with Crippen molar-refractivity contribution in [2.45, 2.75) is 6.92 Å². The van der Waals surface area contributed by atoms with Crippen LogP contribution in [0.15, 0.2) is 5.57 Å². The van der Waals surface area contributed by atoms with E-state index in [0.717, 1.165) is 6.92 Å². The van der Waals surface area contributed by atoms with Gasteiger partial charge in [-0.3, -0.25) is 0 Å². The van der Waals surface area contributed by atoms with Gasteiger partial charge in [-0.2, -0.15) is 24.3 Å². The first-order valence-corrected chi connectivity index (χ1v) is 4.15. The van der Waals surface area contributed by atoms with E-state index in [1.807, 2.05) is 0 Å². The van der Waals surface area contributed by atoms with Crippen LogP contribution in [0.4, 0.5) is 17.6 Å². The van der Waals surface area contributed by atoms with Gasteiger partial charge in [0.1, 0.15) is 17.7 Å². The summed E-state index contributed by atoms with van der Waals surface area (Å²) in [7, 11) is 0. The van der Waals surface area contributed by atoms with E-state index < -0.39 is 40.2 Å². The van der Waals surface area contributed by atoms with Crippen LogP contribution >= 0.6 is 0 Å². The molecule has 0 aliphatic carbocycles. The zero-order valence-corrected chi connectivity index (χ0v) is 8.35. The highest BCUT2D eigenvalue weighted by atomic mass is 19.2. The SMILES string of the molecule is CC(=C(C#N)C#N)c1c(F)c(F)nc(F)c1F. The maximum Gasteiger partial charge on any atom is 0.252 e. The lowest BCUT2D eigenvalue weighted by atomic mass is 10.0. The molecular formula is C10H3F4N3. The van der Waals surface area contributed by atoms with Crippen LogP contribution in [0, 0.1) is 46.2 Å². The fourth-order valence-electron chi connectivity index (χ4n) is 1.13. The lowest BCUT2D eigenvalue weighted by molar-refractivity contribution is 0.403. The summed E-state index contributed by atoms with van der Waals surface area (Å²) >= 11 is 0. The van der Waals surface area contributed by atoms with E-state index in [1.165, 1.54) is 12.1 Å². The number of halogens is 4. The molecule has 1 heterocycles. The molecule has 3 nitrogen and oxygen atoms in total. The van der Waals surface area contributed by atoms with Gasteiger partial charge in [0, 0.05) is 0 Å². The van der Waals surface area contributed by atoms with Gasteiger partial charge in [0.15, 0.2) is 11.6 Å². The first-order chi connectivity index (χ1) is 7.93. The summed E-state index contributed by atoms with van der Waals surface area (Å²) in [5, 5.41) is 17.0. The second-order valence-corrected chi connectivity index (χ2v) is 2.92. The molecule has 86 valence electrons. The summed E-state index contributed by atoms with van der Waals surface area (Å²) in [6.45, 7) is 1.00. The number of nitrogens with zero attached hydrogens (tertiary/aromatic N) is 3. The quantitative estimate of drug-likeness (QED) is 0.431. The second kappa shape index (κ2) is 4.62. The van der Waals surface area contributed by atoms with Crippen molar-refractivity contribution in [1.82, 2.24) is 4.98 Å². The second-order valence-electron chi connectivity index (χ2n) is 2.92. The third-order valence-corrected chi connectivity index (χ3v) is 1.97. The Hall–Kier alpha value is -2.41. The molecule has 0 N–H and O–H groups in total. The first kappa shape index (κ1) is 12.7. The smallest absolute Gasteiger partial charge is 0.201 e. The van der Waals surface area contributed by atoms with Gasteiger partial charge >= 0.3 is 0 Å². The van der Waals surface area contributed by atoms with Crippen molar-refractivity contribution in [3.05, 3.63) is 34.7 Å². The maximum atomic E-state index is 13.2. The minimum Gasteiger partial charge on any atom is -0.201 e. The standard InChI is InChI=1S/C10H3F4N3/c1-4(5(2-15)3-16)6-7(11)9(13)17-10(14)8(6)12/h1H3. The largest absolute Gasteiger partial charge is 0.252 e. The molecule has 7 heteroatoms. The molecule has 0 saturated carbocycles. The Labute approximate surface area is 93.2 Å². The van der Waals surface area contributed by atoms with E-state index in [1.54, 1.807) is 0 Å². The zero-order chi connectivity index (χ0) is 13.2. The van der Waals surface area contributed by atoms with Crippen molar-refractivity contribution in [2.75, 3.05) is 0 Å². The van der Waals surface area contributed by atoms with Crippen molar-refractivity contribution < 1.29 is 17.6 Å². The minimum atomic E-state index is -1.84. The number of pyridine rings is 1. The van der Waals surface area contributed by atoms with Gasteiger partial charge in [-0.1, -0.05) is 0 Å². The molecular weight excluding hydrogens is 238 g/mol. The molecule has 0 atom stereocenters. The third-order valence-electron chi connectivity index (χ3n) is 1.97. The van der Waals surface area contributed by atoms with Gasteiger partial charge in [-0.05, 0) is 12.5 Å². The molecule has 17 heavy (non-hydrogen) atoms. The number of nitriles is 2. The van der Waals surface area contributed by atoms with Crippen molar-refractivity contribution in [3.8, 4) is 12.1 Å². The van der Waals surface area contributed by atoms with Crippen LogP contribution in [0.1, 0.15) is 12.5 Å². The summed E-state index contributed by atoms with van der Waals surface area (Å²) in [4.78, 5) is 2.35. The topological polar surface area (TPSA) is 60.5 Å². The number of hydrogen-bond donors (Lipinski definition) is 0. The normalized spacial score (nSPS) is 9.35. The highest BCUT2D eigenvalue weighted by molar-refractivity contribution is 5.74. The van der Waals surface area contributed by atoms with Gasteiger partial charge < -0.3 is 0 Å². The van der Waals surface area contributed by atoms with Crippen LogP contribution in [-0.4, -0.2) is 4.98 Å². The monoisotopic (exact) mass is 241 g/mol. The van der Waals surface area contributed by atoms with Crippen LogP contribution in [0.2, 0.25) is 0 Å². The van der Waals surface area contributed by atoms with E-state index in [9.17, 15) is 17.6 Å². The fraction of sp³-hybridized carbons (Fsp3) is 0.100. The van der Waals surface area contributed by atoms with Crippen molar-refractivity contribution in [3.63, 3.8) is 0 Å². The number of allylic oxidation sites excluding steroid dienone is 2. The number of rotatable bonds is 1. The Balaban J connectivity index is 3.71. The highest BCUT2D eigenvalue weighted by Gasteiger charge is 2.23. The van der Waals surface area contributed by atoms with Gasteiger partial charge in [0.25, 0.3) is 11.9 Å². The number of aromatic nitrogens is 1. The van der Waals surface area contributed by atoms with Gasteiger partial charge in [0.2, 0.25) is 0 Å². The Bertz CT molecular complexity index is 551. The summed E-state index contributed by atoms with van der Waals surface area (Å²) < 4.78 is 52.0. The van der Waals surface area contributed by atoms with Crippen LogP contribution < -0.4 is 0 Å². The van der Waals surface area contributed by atoms with Gasteiger partial charge in [-0.15, -0.1) is 0 Å². The van der Waals surface area contributed by atoms with E-state index in [0.29, 0.717) is 0 Å². The van der Waals surface area contributed by atoms with Gasteiger partial charge in [0.05, 0.1) is 5.56 Å². The van der Waals surface area contributed by atoms with E-state index in [-0.39, 0.29) is 0 Å². The van der Waals surface area contributed by atoms with Crippen LogP contribution in [0.5, 0.6) is 0 Å². The van der Waals surface area contributed by atoms with E-state index in [4.69, 9.17) is 10.5 Å². The molecule has 0 bridgehead atoms. The van der Waals surface area contributed by atoms with E-state index >= 15 is 0 Å². The predicted molar refractivity (Wildman–Crippen MR) is 47.9 cm³/mol. The Kier molecular flexibility index (Phi) is 3.44. The Morgan fingerprint density at radius 2 is 1.41 bits per heavy atom. The fourth-order valence-corrected chi connectivity index (χ4v) is 1.13. The molecule has 1 aromatic rings.